The molecule has 42 heavy (non-hydrogen) atoms. The van der Waals surface area contributed by atoms with Crippen molar-refractivity contribution in [3.05, 3.63) is 74.4 Å². The van der Waals surface area contributed by atoms with Crippen LogP contribution in [0, 0.1) is 12.7 Å². The molecular weight excluding hydrogens is 565 g/mol. The molecule has 2 N–H and O–H groups in total. The number of hydrogen-bond donors (Lipinski definition) is 2. The largest absolute Gasteiger partial charge is 0.496 e. The van der Waals surface area contributed by atoms with E-state index in [4.69, 9.17) is 9.47 Å². The monoisotopic (exact) mass is 597 g/mol. The third-order valence-corrected chi connectivity index (χ3v) is 9.45. The van der Waals surface area contributed by atoms with Gasteiger partial charge >= 0.3 is 5.69 Å². The highest BCUT2D eigenvalue weighted by molar-refractivity contribution is 7.21. The molecule has 2 atom stereocenters. The third-order valence-electron chi connectivity index (χ3n) is 8.15. The van der Waals surface area contributed by atoms with Gasteiger partial charge in [-0.15, -0.1) is 0 Å². The Kier molecular flexibility index (Phi) is 7.73. The van der Waals surface area contributed by atoms with Gasteiger partial charge in [0, 0.05) is 30.1 Å². The van der Waals surface area contributed by atoms with Crippen LogP contribution in [0.15, 0.2) is 46.2 Å². The van der Waals surface area contributed by atoms with Gasteiger partial charge in [-0.1, -0.05) is 11.3 Å². The van der Waals surface area contributed by atoms with E-state index in [0.717, 1.165) is 4.57 Å². The lowest BCUT2D eigenvalue weighted by Gasteiger charge is -2.31. The molecule has 0 bridgehead atoms. The Hall–Kier alpha value is -3.81. The minimum atomic E-state index is -0.948. The summed E-state index contributed by atoms with van der Waals surface area (Å²) in [6.45, 7) is 2.08. The van der Waals surface area contributed by atoms with Gasteiger partial charge in [0.2, 0.25) is 5.91 Å². The topological polar surface area (TPSA) is 130 Å². The summed E-state index contributed by atoms with van der Waals surface area (Å²) in [4.78, 5) is 41.2. The maximum atomic E-state index is 14.6. The number of thiophene rings is 1. The number of aliphatic hydroxyl groups is 1. The molecule has 1 amide bonds. The summed E-state index contributed by atoms with van der Waals surface area (Å²) in [7, 11) is 1.48. The molecule has 6 rings (SSSR count). The van der Waals surface area contributed by atoms with E-state index in [-0.39, 0.29) is 18.6 Å². The molecule has 222 valence electrons. The molecule has 4 aromatic rings. The van der Waals surface area contributed by atoms with Crippen LogP contribution < -0.4 is 21.3 Å². The smallest absolute Gasteiger partial charge is 0.332 e. The zero-order chi connectivity index (χ0) is 29.5. The molecule has 1 aromatic carbocycles. The normalized spacial score (nSPS) is 21.5. The van der Waals surface area contributed by atoms with Crippen LogP contribution in [0.3, 0.4) is 0 Å². The molecule has 0 radical (unpaired) electrons. The number of fused-ring (bicyclic) bond motifs is 1. The van der Waals surface area contributed by atoms with Gasteiger partial charge in [-0.3, -0.25) is 14.2 Å². The van der Waals surface area contributed by atoms with E-state index in [9.17, 15) is 23.9 Å². The lowest BCUT2D eigenvalue weighted by molar-refractivity contribution is -0.122. The highest BCUT2D eigenvalue weighted by Gasteiger charge is 2.33. The molecule has 1 saturated heterocycles. The summed E-state index contributed by atoms with van der Waals surface area (Å²) in [5.41, 5.74) is -0.138. The van der Waals surface area contributed by atoms with Gasteiger partial charge in [-0.25, -0.2) is 18.4 Å². The minimum absolute atomic E-state index is 0.0681. The van der Waals surface area contributed by atoms with Crippen LogP contribution >= 0.6 is 11.3 Å². The van der Waals surface area contributed by atoms with Crippen molar-refractivity contribution in [1.82, 2.24) is 24.2 Å². The van der Waals surface area contributed by atoms with E-state index >= 15 is 0 Å². The lowest BCUT2D eigenvalue weighted by atomic mass is 9.94. The average molecular weight is 598 g/mol. The van der Waals surface area contributed by atoms with Gasteiger partial charge in [-0.05, 0) is 63.3 Å². The molecule has 1 saturated carbocycles. The van der Waals surface area contributed by atoms with Crippen molar-refractivity contribution in [2.24, 2.45) is 0 Å². The third kappa shape index (κ3) is 5.05. The van der Waals surface area contributed by atoms with Crippen molar-refractivity contribution < 1.29 is 23.8 Å². The molecule has 13 heteroatoms. The number of nitrogens with one attached hydrogen (secondary N) is 1. The van der Waals surface area contributed by atoms with Crippen LogP contribution in [0.2, 0.25) is 0 Å². The predicted molar refractivity (Wildman–Crippen MR) is 154 cm³/mol. The average Bonchev–Trinajstić information content (AvgIpc) is 3.73. The molecule has 2 fully saturated rings. The van der Waals surface area contributed by atoms with Gasteiger partial charge in [0.15, 0.2) is 0 Å². The highest BCUT2D eigenvalue weighted by atomic mass is 32.1. The predicted octanol–water partition coefficient (Wildman–Crippen LogP) is 2.99. The Morgan fingerprint density at radius 2 is 1.98 bits per heavy atom. The number of carbonyl (C=O) groups is 1. The Bertz CT molecular complexity index is 1740. The van der Waals surface area contributed by atoms with E-state index in [0.29, 0.717) is 70.7 Å². The molecular formula is C29H32FN5O6S. The maximum absolute atomic E-state index is 14.6. The second-order valence-corrected chi connectivity index (χ2v) is 11.7. The Morgan fingerprint density at radius 1 is 1.19 bits per heavy atom. The van der Waals surface area contributed by atoms with Gasteiger partial charge in [0.1, 0.15) is 33.5 Å². The lowest BCUT2D eigenvalue weighted by Crippen LogP contribution is -2.44. The molecule has 1 aliphatic heterocycles. The van der Waals surface area contributed by atoms with E-state index < -0.39 is 35.3 Å². The fourth-order valence-corrected chi connectivity index (χ4v) is 7.22. The summed E-state index contributed by atoms with van der Waals surface area (Å²) < 4.78 is 30.9. The van der Waals surface area contributed by atoms with Crippen molar-refractivity contribution in [2.45, 2.75) is 69.9 Å². The minimum Gasteiger partial charge on any atom is -0.496 e. The number of amides is 1. The first kappa shape index (κ1) is 28.3. The number of carbonyl (C=O) groups excluding carboxylic acids is 1. The summed E-state index contributed by atoms with van der Waals surface area (Å²) in [5.74, 6) is -0.484. The molecule has 11 nitrogen and oxygen atoms in total. The van der Waals surface area contributed by atoms with Crippen molar-refractivity contribution in [2.75, 3.05) is 13.7 Å². The van der Waals surface area contributed by atoms with Crippen LogP contribution in [0.1, 0.15) is 55.4 Å². The number of rotatable bonds is 8. The zero-order valence-electron chi connectivity index (χ0n) is 23.3. The zero-order valence-corrected chi connectivity index (χ0v) is 24.1. The standard InChI is InChI=1S/C29H32FN5O6S/c1-16-24-26(38)35(21-10-12-31-25(21)37)29(39)33(28(24)42-27(16)34-13-3-11-32-34)15-23(41-19-7-5-18(36)6-8-19)20-14-17(30)4-9-22(20)40-2/h3-4,9,11,13-14,18-19,21,23,36H,5-8,10,12,15H2,1-2H3,(H,31,37)/t18?,19?,21-,23+/m1/s1. The van der Waals surface area contributed by atoms with E-state index in [1.807, 2.05) is 0 Å². The molecule has 4 heterocycles. The number of aromatic nitrogens is 4. The first-order valence-electron chi connectivity index (χ1n) is 14.0. The van der Waals surface area contributed by atoms with Crippen LogP contribution in [0.25, 0.3) is 15.2 Å². The fourth-order valence-electron chi connectivity index (χ4n) is 5.97. The molecule has 3 aromatic heterocycles. The second-order valence-electron chi connectivity index (χ2n) is 10.8. The van der Waals surface area contributed by atoms with E-state index in [2.05, 4.69) is 10.4 Å². The van der Waals surface area contributed by atoms with Crippen LogP contribution in [0.4, 0.5) is 4.39 Å². The summed E-state index contributed by atoms with van der Waals surface area (Å²) in [5, 5.41) is 18.1. The fraction of sp³-hybridized carbons (Fsp3) is 0.448. The van der Waals surface area contributed by atoms with E-state index in [1.165, 1.54) is 41.2 Å². The SMILES string of the molecule is COc1ccc(F)cc1[C@H](Cn1c(=O)n([C@@H]2CCNC2=O)c(=O)c2c(C)c(-n3cccn3)sc21)OC1CCC(O)CC1. The van der Waals surface area contributed by atoms with Crippen LogP contribution in [-0.2, 0) is 16.1 Å². The second kappa shape index (κ2) is 11.5. The molecule has 0 spiro atoms. The Balaban J connectivity index is 1.55. The number of methoxy groups -OCH3 is 1. The van der Waals surface area contributed by atoms with Gasteiger partial charge in [-0.2, -0.15) is 5.10 Å². The number of aliphatic hydroxyl groups excluding tert-OH is 1. The summed E-state index contributed by atoms with van der Waals surface area (Å²) >= 11 is 1.24. The highest BCUT2D eigenvalue weighted by Crippen LogP contribution is 2.36. The molecule has 2 aliphatic rings. The first-order chi connectivity index (χ1) is 20.3. The number of ether oxygens (including phenoxy) is 2. The van der Waals surface area contributed by atoms with E-state index in [1.54, 1.807) is 30.1 Å². The Morgan fingerprint density at radius 3 is 2.64 bits per heavy atom. The quantitative estimate of drug-likeness (QED) is 0.320. The summed E-state index contributed by atoms with van der Waals surface area (Å²) in [6.07, 6.45) is 4.54. The Labute approximate surface area is 244 Å². The molecule has 0 unspecified atom stereocenters. The molecule has 1 aliphatic carbocycles. The van der Waals surface area contributed by atoms with Crippen molar-refractivity contribution in [1.29, 1.82) is 0 Å². The number of halogens is 1. The van der Waals surface area contributed by atoms with Crippen molar-refractivity contribution in [3.8, 4) is 10.8 Å². The summed E-state index contributed by atoms with van der Waals surface area (Å²) in [6, 6.07) is 4.95. The van der Waals surface area contributed by atoms with Gasteiger partial charge in [0.25, 0.3) is 5.56 Å². The van der Waals surface area contributed by atoms with Crippen LogP contribution in [0.5, 0.6) is 5.75 Å². The number of aryl methyl sites for hydroxylation is 1. The van der Waals surface area contributed by atoms with Gasteiger partial charge in [0.05, 0.1) is 31.2 Å². The van der Waals surface area contributed by atoms with Crippen LogP contribution in [-0.4, -0.2) is 55.8 Å². The maximum Gasteiger partial charge on any atom is 0.332 e. The number of nitrogens with zero attached hydrogens (tertiary/aromatic N) is 4. The van der Waals surface area contributed by atoms with Crippen molar-refractivity contribution in [3.63, 3.8) is 0 Å². The van der Waals surface area contributed by atoms with Gasteiger partial charge < -0.3 is 19.9 Å². The van der Waals surface area contributed by atoms with Crippen molar-refractivity contribution >= 4 is 27.5 Å². The first-order valence-corrected chi connectivity index (χ1v) is 14.8. The number of hydrogen-bond acceptors (Lipinski definition) is 8. The number of benzene rings is 1.